The van der Waals surface area contributed by atoms with Gasteiger partial charge in [-0.25, -0.2) is 4.57 Å². The van der Waals surface area contributed by atoms with Crippen molar-refractivity contribution in [1.29, 1.82) is 0 Å². The average molecular weight is 223 g/mol. The molecule has 0 unspecified atom stereocenters. The summed E-state index contributed by atoms with van der Waals surface area (Å²) >= 11 is 0. The highest BCUT2D eigenvalue weighted by Crippen LogP contribution is 2.58. The number of hydrogen-bond donors (Lipinski definition) is 3. The van der Waals surface area contributed by atoms with Gasteiger partial charge in [-0.2, -0.15) is 0 Å². The van der Waals surface area contributed by atoms with Crippen molar-refractivity contribution in [2.75, 3.05) is 0 Å². The molecule has 1 saturated carbocycles. The van der Waals surface area contributed by atoms with Crippen LogP contribution in [0.2, 0.25) is 0 Å². The van der Waals surface area contributed by atoms with E-state index >= 15 is 0 Å². The van der Waals surface area contributed by atoms with Crippen LogP contribution in [0.25, 0.3) is 0 Å². The Balaban J connectivity index is 2.84. The Morgan fingerprint density at radius 2 is 1.57 bits per heavy atom. The first-order chi connectivity index (χ1) is 5.99. The van der Waals surface area contributed by atoms with Crippen molar-refractivity contribution in [1.82, 2.24) is 0 Å². The van der Waals surface area contributed by atoms with Crippen molar-refractivity contribution in [3.63, 3.8) is 0 Å². The third-order valence-corrected chi connectivity index (χ3v) is 3.68. The third-order valence-electron chi connectivity index (χ3n) is 3.20. The number of nitrogens with two attached hydrogens (primary N) is 1. The molecular weight excluding hydrogens is 205 g/mol. The molecule has 1 aliphatic carbocycles. The monoisotopic (exact) mass is 223 g/mol. The Morgan fingerprint density at radius 1 is 1.21 bits per heavy atom. The topological polar surface area (TPSA) is 92.8 Å². The standard InChI is InChI=1S/C8H18NO4P/c1-7(2)5(9)8(3,4)6(7)13-14(10,11)12/h5-6H,9H2,1-4H3,(H2,10,11,12). The Labute approximate surface area is 83.9 Å². The molecule has 5 nitrogen and oxygen atoms in total. The molecule has 0 heterocycles. The fraction of sp³-hybridized carbons (Fsp3) is 1.00. The normalized spacial score (nSPS) is 35.1. The molecule has 0 bridgehead atoms. The third kappa shape index (κ3) is 1.75. The van der Waals surface area contributed by atoms with E-state index in [-0.39, 0.29) is 6.04 Å². The van der Waals surface area contributed by atoms with E-state index in [4.69, 9.17) is 20.0 Å². The van der Waals surface area contributed by atoms with Crippen LogP contribution in [0.5, 0.6) is 0 Å². The van der Waals surface area contributed by atoms with E-state index in [1.54, 1.807) is 0 Å². The molecule has 4 N–H and O–H groups in total. The average Bonchev–Trinajstić information content (AvgIpc) is 1.97. The summed E-state index contributed by atoms with van der Waals surface area (Å²) in [5.41, 5.74) is 5.11. The lowest BCUT2D eigenvalue weighted by molar-refractivity contribution is -0.163. The summed E-state index contributed by atoms with van der Waals surface area (Å²) in [6, 6.07) is -0.119. The molecule has 0 aliphatic heterocycles. The molecule has 0 spiro atoms. The summed E-state index contributed by atoms with van der Waals surface area (Å²) in [5.74, 6) is 0. The second-order valence-electron chi connectivity index (χ2n) is 5.10. The second kappa shape index (κ2) is 3.03. The summed E-state index contributed by atoms with van der Waals surface area (Å²) in [4.78, 5) is 17.5. The summed E-state index contributed by atoms with van der Waals surface area (Å²) in [5, 5.41) is 0. The maximum atomic E-state index is 10.7. The highest BCUT2D eigenvalue weighted by molar-refractivity contribution is 7.46. The maximum Gasteiger partial charge on any atom is 0.469 e. The SMILES string of the molecule is CC1(C)C(N)C(C)(C)C1OP(=O)(O)O. The van der Waals surface area contributed by atoms with Gasteiger partial charge in [-0.05, 0) is 0 Å². The van der Waals surface area contributed by atoms with E-state index in [1.807, 2.05) is 27.7 Å². The van der Waals surface area contributed by atoms with E-state index in [2.05, 4.69) is 0 Å². The molecule has 0 radical (unpaired) electrons. The minimum atomic E-state index is -4.43. The second-order valence-corrected chi connectivity index (χ2v) is 6.29. The van der Waals surface area contributed by atoms with Crippen LogP contribution in [-0.2, 0) is 9.09 Å². The molecule has 0 amide bonds. The van der Waals surface area contributed by atoms with Crippen LogP contribution in [-0.4, -0.2) is 21.9 Å². The van der Waals surface area contributed by atoms with E-state index in [1.165, 1.54) is 0 Å². The minimum Gasteiger partial charge on any atom is -0.327 e. The van der Waals surface area contributed by atoms with Crippen molar-refractivity contribution in [3.8, 4) is 0 Å². The number of rotatable bonds is 2. The lowest BCUT2D eigenvalue weighted by atomic mass is 9.50. The molecule has 0 saturated heterocycles. The van der Waals surface area contributed by atoms with Gasteiger partial charge in [-0.1, -0.05) is 27.7 Å². The van der Waals surface area contributed by atoms with Crippen LogP contribution < -0.4 is 5.73 Å². The predicted octanol–water partition coefficient (Wildman–Crippen LogP) is 0.858. The molecule has 84 valence electrons. The molecule has 0 atom stereocenters. The van der Waals surface area contributed by atoms with Crippen LogP contribution in [0.15, 0.2) is 0 Å². The first kappa shape index (κ1) is 12.1. The zero-order valence-electron chi connectivity index (χ0n) is 8.89. The van der Waals surface area contributed by atoms with E-state index in [0.29, 0.717) is 0 Å². The summed E-state index contributed by atoms with van der Waals surface area (Å²) < 4.78 is 15.5. The van der Waals surface area contributed by atoms with Gasteiger partial charge in [0, 0.05) is 16.9 Å². The van der Waals surface area contributed by atoms with Crippen LogP contribution in [0.4, 0.5) is 0 Å². The van der Waals surface area contributed by atoms with Crippen LogP contribution in [0.3, 0.4) is 0 Å². The molecule has 0 aromatic heterocycles. The molecule has 1 fully saturated rings. The van der Waals surface area contributed by atoms with E-state index in [9.17, 15) is 4.57 Å². The minimum absolute atomic E-state index is 0.119. The summed E-state index contributed by atoms with van der Waals surface area (Å²) in [7, 11) is -4.43. The van der Waals surface area contributed by atoms with Gasteiger partial charge in [0.25, 0.3) is 0 Å². The molecule has 6 heteroatoms. The van der Waals surface area contributed by atoms with Crippen LogP contribution in [0.1, 0.15) is 27.7 Å². The summed E-state index contributed by atoms with van der Waals surface area (Å²) in [6.07, 6.45) is -0.508. The zero-order valence-corrected chi connectivity index (χ0v) is 9.78. The molecule has 0 aromatic carbocycles. The first-order valence-electron chi connectivity index (χ1n) is 4.49. The number of phosphoric acid groups is 1. The van der Waals surface area contributed by atoms with E-state index < -0.39 is 24.8 Å². The zero-order chi connectivity index (χ0) is 11.4. The predicted molar refractivity (Wildman–Crippen MR) is 52.5 cm³/mol. The largest absolute Gasteiger partial charge is 0.469 e. The Bertz CT molecular complexity index is 267. The first-order valence-corrected chi connectivity index (χ1v) is 6.02. The van der Waals surface area contributed by atoms with Gasteiger partial charge in [-0.15, -0.1) is 0 Å². The van der Waals surface area contributed by atoms with Crippen LogP contribution >= 0.6 is 7.82 Å². The van der Waals surface area contributed by atoms with Gasteiger partial charge >= 0.3 is 7.82 Å². The highest BCUT2D eigenvalue weighted by atomic mass is 31.2. The number of phosphoric ester groups is 1. The fourth-order valence-electron chi connectivity index (χ4n) is 2.56. The van der Waals surface area contributed by atoms with E-state index in [0.717, 1.165) is 0 Å². The quantitative estimate of drug-likeness (QED) is 0.604. The maximum absolute atomic E-state index is 10.7. The Morgan fingerprint density at radius 3 is 1.86 bits per heavy atom. The van der Waals surface area contributed by atoms with Crippen molar-refractivity contribution < 1.29 is 18.9 Å². The molecule has 0 aromatic rings. The molecule has 1 rings (SSSR count). The fourth-order valence-corrected chi connectivity index (χ4v) is 3.37. The van der Waals surface area contributed by atoms with Crippen molar-refractivity contribution >= 4 is 7.82 Å². The van der Waals surface area contributed by atoms with Gasteiger partial charge < -0.3 is 15.5 Å². The van der Waals surface area contributed by atoms with Gasteiger partial charge in [0.1, 0.15) is 0 Å². The van der Waals surface area contributed by atoms with Crippen LogP contribution in [0, 0.1) is 10.8 Å². The molecular formula is C8H18NO4P. The van der Waals surface area contributed by atoms with Gasteiger partial charge in [0.05, 0.1) is 6.10 Å². The smallest absolute Gasteiger partial charge is 0.327 e. The molecule has 14 heavy (non-hydrogen) atoms. The Hall–Kier alpha value is 0.0700. The summed E-state index contributed by atoms with van der Waals surface area (Å²) in [6.45, 7) is 7.40. The lowest BCUT2D eigenvalue weighted by Crippen LogP contribution is -2.71. The molecule has 1 aliphatic rings. The van der Waals surface area contributed by atoms with Crippen molar-refractivity contribution in [2.24, 2.45) is 16.6 Å². The van der Waals surface area contributed by atoms with Gasteiger partial charge in [-0.3, -0.25) is 4.52 Å². The van der Waals surface area contributed by atoms with Gasteiger partial charge in [0.15, 0.2) is 0 Å². The highest BCUT2D eigenvalue weighted by Gasteiger charge is 2.62. The number of hydrogen-bond acceptors (Lipinski definition) is 3. The van der Waals surface area contributed by atoms with Crippen molar-refractivity contribution in [2.45, 2.75) is 39.8 Å². The lowest BCUT2D eigenvalue weighted by Gasteiger charge is -2.61. The Kier molecular flexibility index (Phi) is 2.63. The van der Waals surface area contributed by atoms with Crippen molar-refractivity contribution in [3.05, 3.63) is 0 Å². The van der Waals surface area contributed by atoms with Gasteiger partial charge in [0.2, 0.25) is 0 Å².